The summed E-state index contributed by atoms with van der Waals surface area (Å²) in [5.41, 5.74) is 3.37. The number of nitrogens with one attached hydrogen (secondary N) is 1. The number of para-hydroxylation sites is 1. The molecular weight excluding hydrogens is 336 g/mol. The maximum Gasteiger partial charge on any atom is 0.163 e. The standard InChI is InChI=1S/C22H24N4O/c1-2-17-8-6-7-11-19(17)23-20-16-21(26-12-14-27-15-13-26)25-22(24-20)18-9-4-3-5-10-18/h3-11,16H,2,12-15H2,1H3,(H,23,24,25). The highest BCUT2D eigenvalue weighted by molar-refractivity contribution is 5.67. The molecule has 0 spiro atoms. The second kappa shape index (κ2) is 8.18. The molecule has 0 amide bonds. The van der Waals surface area contributed by atoms with Gasteiger partial charge in [0.25, 0.3) is 0 Å². The number of anilines is 3. The smallest absolute Gasteiger partial charge is 0.163 e. The van der Waals surface area contributed by atoms with E-state index in [-0.39, 0.29) is 0 Å². The highest BCUT2D eigenvalue weighted by Crippen LogP contribution is 2.26. The highest BCUT2D eigenvalue weighted by Gasteiger charge is 2.16. The van der Waals surface area contributed by atoms with Gasteiger partial charge in [-0.15, -0.1) is 0 Å². The molecule has 0 saturated carbocycles. The number of morpholine rings is 1. The highest BCUT2D eigenvalue weighted by atomic mass is 16.5. The molecule has 1 aliphatic heterocycles. The van der Waals surface area contributed by atoms with E-state index in [1.807, 2.05) is 42.5 Å². The van der Waals surface area contributed by atoms with Gasteiger partial charge in [-0.3, -0.25) is 0 Å². The van der Waals surface area contributed by atoms with Crippen LogP contribution in [0.2, 0.25) is 0 Å². The van der Waals surface area contributed by atoms with Crippen LogP contribution in [-0.4, -0.2) is 36.3 Å². The van der Waals surface area contributed by atoms with Crippen molar-refractivity contribution in [2.24, 2.45) is 0 Å². The Morgan fingerprint density at radius 1 is 0.963 bits per heavy atom. The van der Waals surface area contributed by atoms with E-state index in [4.69, 9.17) is 14.7 Å². The van der Waals surface area contributed by atoms with Gasteiger partial charge >= 0.3 is 0 Å². The number of aromatic nitrogens is 2. The molecule has 0 unspecified atom stereocenters. The van der Waals surface area contributed by atoms with E-state index in [1.54, 1.807) is 0 Å². The van der Waals surface area contributed by atoms with Crippen LogP contribution in [0.1, 0.15) is 12.5 Å². The van der Waals surface area contributed by atoms with E-state index < -0.39 is 0 Å². The van der Waals surface area contributed by atoms with Crippen LogP contribution < -0.4 is 10.2 Å². The quantitative estimate of drug-likeness (QED) is 0.736. The van der Waals surface area contributed by atoms with E-state index in [0.29, 0.717) is 0 Å². The van der Waals surface area contributed by atoms with E-state index in [9.17, 15) is 0 Å². The number of benzene rings is 2. The van der Waals surface area contributed by atoms with Gasteiger partial charge in [0, 0.05) is 30.4 Å². The van der Waals surface area contributed by atoms with Crippen LogP contribution in [-0.2, 0) is 11.2 Å². The molecule has 0 radical (unpaired) electrons. The number of aryl methyl sites for hydroxylation is 1. The molecule has 1 saturated heterocycles. The van der Waals surface area contributed by atoms with Gasteiger partial charge in [0.1, 0.15) is 11.6 Å². The maximum atomic E-state index is 5.49. The van der Waals surface area contributed by atoms with Crippen molar-refractivity contribution in [3.8, 4) is 11.4 Å². The van der Waals surface area contributed by atoms with E-state index in [1.165, 1.54) is 5.56 Å². The molecule has 0 aliphatic carbocycles. The first-order valence-corrected chi connectivity index (χ1v) is 9.45. The lowest BCUT2D eigenvalue weighted by molar-refractivity contribution is 0.122. The van der Waals surface area contributed by atoms with Gasteiger partial charge < -0.3 is 15.0 Å². The minimum absolute atomic E-state index is 0.728. The SMILES string of the molecule is CCc1ccccc1Nc1cc(N2CCOCC2)nc(-c2ccccc2)n1. The Balaban J connectivity index is 1.73. The monoisotopic (exact) mass is 360 g/mol. The fourth-order valence-corrected chi connectivity index (χ4v) is 3.26. The normalized spacial score (nSPS) is 14.2. The van der Waals surface area contributed by atoms with Gasteiger partial charge in [-0.2, -0.15) is 0 Å². The summed E-state index contributed by atoms with van der Waals surface area (Å²) < 4.78 is 5.49. The Hall–Kier alpha value is -2.92. The zero-order chi connectivity index (χ0) is 18.5. The fraction of sp³-hybridized carbons (Fsp3) is 0.273. The van der Waals surface area contributed by atoms with Crippen LogP contribution in [0, 0.1) is 0 Å². The predicted octanol–water partition coefficient (Wildman–Crippen LogP) is 4.29. The summed E-state index contributed by atoms with van der Waals surface area (Å²) in [6.07, 6.45) is 0.968. The number of nitrogens with zero attached hydrogens (tertiary/aromatic N) is 3. The third-order valence-electron chi connectivity index (χ3n) is 4.74. The van der Waals surface area contributed by atoms with Crippen molar-refractivity contribution in [1.29, 1.82) is 0 Å². The molecule has 1 aromatic heterocycles. The zero-order valence-corrected chi connectivity index (χ0v) is 15.6. The van der Waals surface area contributed by atoms with Gasteiger partial charge in [-0.25, -0.2) is 9.97 Å². The van der Waals surface area contributed by atoms with Crippen molar-refractivity contribution in [2.75, 3.05) is 36.5 Å². The van der Waals surface area contributed by atoms with Crippen LogP contribution in [0.15, 0.2) is 60.7 Å². The molecule has 27 heavy (non-hydrogen) atoms. The van der Waals surface area contributed by atoms with Crippen molar-refractivity contribution in [2.45, 2.75) is 13.3 Å². The van der Waals surface area contributed by atoms with Crippen LogP contribution in [0.25, 0.3) is 11.4 Å². The molecule has 0 atom stereocenters. The topological polar surface area (TPSA) is 50.3 Å². The summed E-state index contributed by atoms with van der Waals surface area (Å²) in [6.45, 7) is 5.31. The molecular formula is C22H24N4O. The molecule has 2 aromatic carbocycles. The van der Waals surface area contributed by atoms with Gasteiger partial charge in [-0.1, -0.05) is 55.5 Å². The van der Waals surface area contributed by atoms with Crippen molar-refractivity contribution in [1.82, 2.24) is 9.97 Å². The summed E-state index contributed by atoms with van der Waals surface area (Å²) in [7, 11) is 0. The van der Waals surface area contributed by atoms with Crippen LogP contribution in [0.3, 0.4) is 0 Å². The second-order valence-corrected chi connectivity index (χ2v) is 6.54. The van der Waals surface area contributed by atoms with Gasteiger partial charge in [0.05, 0.1) is 13.2 Å². The Bertz CT molecular complexity index is 892. The lowest BCUT2D eigenvalue weighted by Gasteiger charge is -2.28. The van der Waals surface area contributed by atoms with Crippen LogP contribution in [0.4, 0.5) is 17.3 Å². The molecule has 1 fully saturated rings. The number of rotatable bonds is 5. The molecule has 0 bridgehead atoms. The Morgan fingerprint density at radius 2 is 1.70 bits per heavy atom. The van der Waals surface area contributed by atoms with Gasteiger partial charge in [-0.05, 0) is 18.1 Å². The van der Waals surface area contributed by atoms with Crippen molar-refractivity contribution >= 4 is 17.3 Å². The molecule has 5 heteroatoms. The minimum atomic E-state index is 0.728. The summed E-state index contributed by atoms with van der Waals surface area (Å²) in [4.78, 5) is 11.9. The third kappa shape index (κ3) is 4.09. The van der Waals surface area contributed by atoms with Crippen LogP contribution >= 0.6 is 0 Å². The molecule has 5 nitrogen and oxygen atoms in total. The van der Waals surface area contributed by atoms with Crippen molar-refractivity contribution in [3.05, 3.63) is 66.2 Å². The third-order valence-corrected chi connectivity index (χ3v) is 4.74. The maximum absolute atomic E-state index is 5.49. The molecule has 4 rings (SSSR count). The van der Waals surface area contributed by atoms with Gasteiger partial charge in [0.15, 0.2) is 5.82 Å². The van der Waals surface area contributed by atoms with E-state index in [2.05, 4.69) is 35.3 Å². The Labute approximate surface area is 160 Å². The largest absolute Gasteiger partial charge is 0.378 e. The first-order chi connectivity index (χ1) is 13.3. The van der Waals surface area contributed by atoms with Crippen molar-refractivity contribution in [3.63, 3.8) is 0 Å². The Morgan fingerprint density at radius 3 is 2.48 bits per heavy atom. The first kappa shape index (κ1) is 17.5. The molecule has 138 valence electrons. The summed E-state index contributed by atoms with van der Waals surface area (Å²) in [6, 6.07) is 20.5. The number of hydrogen-bond donors (Lipinski definition) is 1. The molecule has 1 aliphatic rings. The molecule has 2 heterocycles. The zero-order valence-electron chi connectivity index (χ0n) is 15.6. The number of hydrogen-bond acceptors (Lipinski definition) is 5. The predicted molar refractivity (Wildman–Crippen MR) is 110 cm³/mol. The molecule has 3 aromatic rings. The summed E-state index contributed by atoms with van der Waals surface area (Å²) >= 11 is 0. The Kier molecular flexibility index (Phi) is 5.30. The van der Waals surface area contributed by atoms with Crippen LogP contribution in [0.5, 0.6) is 0 Å². The number of ether oxygens (including phenoxy) is 1. The van der Waals surface area contributed by atoms with Gasteiger partial charge in [0.2, 0.25) is 0 Å². The fourth-order valence-electron chi connectivity index (χ4n) is 3.26. The lowest BCUT2D eigenvalue weighted by Crippen LogP contribution is -2.36. The lowest BCUT2D eigenvalue weighted by atomic mass is 10.1. The first-order valence-electron chi connectivity index (χ1n) is 9.45. The molecule has 1 N–H and O–H groups in total. The van der Waals surface area contributed by atoms with Crippen molar-refractivity contribution < 1.29 is 4.74 Å². The average Bonchev–Trinajstić information content (AvgIpc) is 2.75. The average molecular weight is 360 g/mol. The van der Waals surface area contributed by atoms with E-state index >= 15 is 0 Å². The summed E-state index contributed by atoms with van der Waals surface area (Å²) in [5.74, 6) is 2.48. The minimum Gasteiger partial charge on any atom is -0.378 e. The summed E-state index contributed by atoms with van der Waals surface area (Å²) in [5, 5.41) is 3.50. The van der Waals surface area contributed by atoms with E-state index in [0.717, 1.165) is 61.4 Å². The second-order valence-electron chi connectivity index (χ2n) is 6.54.